The van der Waals surface area contributed by atoms with Gasteiger partial charge < -0.3 is 5.73 Å². The first-order valence-corrected chi connectivity index (χ1v) is 2.52. The third kappa shape index (κ3) is 1.07. The number of aromatic nitrogens is 2. The Hall–Kier alpha value is -0.830. The van der Waals surface area contributed by atoms with Crippen LogP contribution in [0.25, 0.3) is 0 Å². The van der Waals surface area contributed by atoms with Crippen LogP contribution >= 0.6 is 0 Å². The molecule has 1 radical (unpaired) electrons. The summed E-state index contributed by atoms with van der Waals surface area (Å²) < 4.78 is 1.75. The van der Waals surface area contributed by atoms with Gasteiger partial charge in [0.15, 0.2) is 0 Å². The van der Waals surface area contributed by atoms with Gasteiger partial charge in [0.2, 0.25) is 0 Å². The molecule has 0 atom stereocenters. The quantitative estimate of drug-likeness (QED) is 0.565. The summed E-state index contributed by atoms with van der Waals surface area (Å²) in [5.41, 5.74) is 5.24. The Morgan fingerprint density at radius 2 is 2.62 bits per heavy atom. The first kappa shape index (κ1) is 5.31. The lowest BCUT2D eigenvalue weighted by Gasteiger charge is -1.92. The van der Waals surface area contributed by atoms with Crippen LogP contribution in [0.15, 0.2) is 12.4 Å². The summed E-state index contributed by atoms with van der Waals surface area (Å²) in [6.45, 7) is 1.42. The van der Waals surface area contributed by atoms with Crippen molar-refractivity contribution in [2.45, 2.75) is 6.54 Å². The van der Waals surface area contributed by atoms with Crippen LogP contribution in [0.4, 0.5) is 0 Å². The van der Waals surface area contributed by atoms with Gasteiger partial charge in [-0.15, -0.1) is 0 Å². The minimum atomic E-state index is 0.634. The zero-order valence-electron chi connectivity index (χ0n) is 4.54. The van der Waals surface area contributed by atoms with Gasteiger partial charge in [-0.25, -0.2) is 0 Å². The monoisotopic (exact) mass is 110 g/mol. The lowest BCUT2D eigenvalue weighted by Crippen LogP contribution is -2.09. The van der Waals surface area contributed by atoms with Crippen molar-refractivity contribution in [2.24, 2.45) is 5.73 Å². The number of hydrogen-bond acceptors (Lipinski definition) is 2. The second-order valence-corrected chi connectivity index (χ2v) is 1.49. The third-order valence-electron chi connectivity index (χ3n) is 0.862. The van der Waals surface area contributed by atoms with Crippen LogP contribution in [0.3, 0.4) is 0 Å². The zero-order valence-corrected chi connectivity index (χ0v) is 4.54. The van der Waals surface area contributed by atoms with Crippen molar-refractivity contribution in [2.75, 3.05) is 6.54 Å². The molecule has 0 spiro atoms. The maximum Gasteiger partial charge on any atom is 0.0569 e. The highest BCUT2D eigenvalue weighted by atomic mass is 15.3. The fourth-order valence-corrected chi connectivity index (χ4v) is 0.515. The number of nitrogens with zero attached hydrogens (tertiary/aromatic N) is 2. The second-order valence-electron chi connectivity index (χ2n) is 1.49. The normalized spacial score (nSPS) is 9.62. The van der Waals surface area contributed by atoms with E-state index in [4.69, 9.17) is 5.73 Å². The third-order valence-corrected chi connectivity index (χ3v) is 0.862. The highest BCUT2D eigenvalue weighted by molar-refractivity contribution is 4.74. The van der Waals surface area contributed by atoms with Crippen molar-refractivity contribution < 1.29 is 0 Å². The van der Waals surface area contributed by atoms with Crippen molar-refractivity contribution in [3.05, 3.63) is 18.5 Å². The molecule has 1 heterocycles. The van der Waals surface area contributed by atoms with Crippen molar-refractivity contribution in [3.63, 3.8) is 0 Å². The first-order valence-electron chi connectivity index (χ1n) is 2.52. The number of rotatable bonds is 2. The summed E-state index contributed by atoms with van der Waals surface area (Å²) in [6.07, 6.45) is 3.39. The summed E-state index contributed by atoms with van der Waals surface area (Å²) >= 11 is 0. The molecular formula is C5H8N3. The molecule has 0 saturated heterocycles. The Morgan fingerprint density at radius 1 is 1.75 bits per heavy atom. The van der Waals surface area contributed by atoms with E-state index in [0.29, 0.717) is 6.54 Å². The van der Waals surface area contributed by atoms with E-state index in [2.05, 4.69) is 11.2 Å². The molecule has 0 bridgehead atoms. The van der Waals surface area contributed by atoms with E-state index in [1.165, 1.54) is 0 Å². The summed E-state index contributed by atoms with van der Waals surface area (Å²) in [7, 11) is 0. The summed E-state index contributed by atoms with van der Waals surface area (Å²) in [4.78, 5) is 0. The fraction of sp³-hybridized carbons (Fsp3) is 0.400. The van der Waals surface area contributed by atoms with Gasteiger partial charge >= 0.3 is 0 Å². The van der Waals surface area contributed by atoms with E-state index in [9.17, 15) is 0 Å². The maximum atomic E-state index is 5.24. The Morgan fingerprint density at radius 3 is 3.12 bits per heavy atom. The van der Waals surface area contributed by atoms with Crippen LogP contribution in [0, 0.1) is 6.07 Å². The van der Waals surface area contributed by atoms with Crippen LogP contribution < -0.4 is 5.73 Å². The van der Waals surface area contributed by atoms with Crippen LogP contribution in [-0.2, 0) is 6.54 Å². The molecule has 2 N–H and O–H groups in total. The molecule has 1 aromatic heterocycles. The second kappa shape index (κ2) is 2.47. The van der Waals surface area contributed by atoms with E-state index in [0.717, 1.165) is 6.54 Å². The molecule has 0 aliphatic heterocycles. The highest BCUT2D eigenvalue weighted by Gasteiger charge is 1.82. The van der Waals surface area contributed by atoms with Crippen LogP contribution in [0.1, 0.15) is 0 Å². The molecule has 0 amide bonds. The summed E-state index contributed by atoms with van der Waals surface area (Å²) in [5, 5.41) is 3.89. The lowest BCUT2D eigenvalue weighted by molar-refractivity contribution is 0.625. The molecule has 0 aliphatic carbocycles. The van der Waals surface area contributed by atoms with E-state index >= 15 is 0 Å². The lowest BCUT2D eigenvalue weighted by atomic mass is 10.6. The van der Waals surface area contributed by atoms with Crippen LogP contribution in [0.5, 0.6) is 0 Å². The molecule has 43 valence electrons. The molecule has 0 aromatic carbocycles. The van der Waals surface area contributed by atoms with Crippen LogP contribution in [0.2, 0.25) is 0 Å². The minimum absolute atomic E-state index is 0.634. The van der Waals surface area contributed by atoms with E-state index in [-0.39, 0.29) is 0 Å². The molecule has 3 heteroatoms. The van der Waals surface area contributed by atoms with E-state index < -0.39 is 0 Å². The van der Waals surface area contributed by atoms with Gasteiger partial charge in [-0.05, 0) is 0 Å². The van der Waals surface area contributed by atoms with Crippen molar-refractivity contribution >= 4 is 0 Å². The molecule has 8 heavy (non-hydrogen) atoms. The largest absolute Gasteiger partial charge is 0.329 e. The van der Waals surface area contributed by atoms with Crippen molar-refractivity contribution in [1.82, 2.24) is 9.78 Å². The van der Waals surface area contributed by atoms with Gasteiger partial charge in [-0.2, -0.15) is 5.10 Å². The Kier molecular flexibility index (Phi) is 1.64. The SMILES string of the molecule is NCCn1c[c]cn1. The van der Waals surface area contributed by atoms with Gasteiger partial charge in [0.05, 0.1) is 12.7 Å². The Balaban J connectivity index is 2.50. The van der Waals surface area contributed by atoms with Gasteiger partial charge in [0.1, 0.15) is 0 Å². The van der Waals surface area contributed by atoms with Gasteiger partial charge in [-0.3, -0.25) is 4.68 Å². The molecular weight excluding hydrogens is 102 g/mol. The zero-order chi connectivity index (χ0) is 5.82. The molecule has 3 nitrogen and oxygen atoms in total. The fourth-order valence-electron chi connectivity index (χ4n) is 0.515. The molecule has 1 rings (SSSR count). The highest BCUT2D eigenvalue weighted by Crippen LogP contribution is 1.78. The number of nitrogens with two attached hydrogens (primary N) is 1. The molecule has 0 fully saturated rings. The average molecular weight is 110 g/mol. The standard InChI is InChI=1S/C5H8N3/c6-2-5-8-4-1-3-7-8/h3-4H,2,5-6H2. The first-order chi connectivity index (χ1) is 3.93. The van der Waals surface area contributed by atoms with Crippen molar-refractivity contribution in [3.8, 4) is 0 Å². The maximum absolute atomic E-state index is 5.24. The minimum Gasteiger partial charge on any atom is -0.329 e. The topological polar surface area (TPSA) is 43.8 Å². The average Bonchev–Trinajstić information content (AvgIpc) is 2.19. The van der Waals surface area contributed by atoms with Gasteiger partial charge in [0, 0.05) is 18.8 Å². The molecule has 0 unspecified atom stereocenters. The Bertz CT molecular complexity index is 133. The summed E-state index contributed by atoms with van der Waals surface area (Å²) in [5.74, 6) is 0. The van der Waals surface area contributed by atoms with E-state index in [1.54, 1.807) is 17.1 Å². The smallest absolute Gasteiger partial charge is 0.0569 e. The van der Waals surface area contributed by atoms with E-state index in [1.807, 2.05) is 0 Å². The van der Waals surface area contributed by atoms with Crippen LogP contribution in [-0.4, -0.2) is 16.3 Å². The van der Waals surface area contributed by atoms with Gasteiger partial charge in [-0.1, -0.05) is 0 Å². The molecule has 0 aliphatic rings. The van der Waals surface area contributed by atoms with Gasteiger partial charge in [0.25, 0.3) is 0 Å². The summed E-state index contributed by atoms with van der Waals surface area (Å²) in [6, 6.07) is 2.81. The predicted octanol–water partition coefficient (Wildman–Crippen LogP) is -0.358. The Labute approximate surface area is 48.1 Å². The predicted molar refractivity (Wildman–Crippen MR) is 30.1 cm³/mol. The molecule has 1 aromatic rings. The number of hydrogen-bond donors (Lipinski definition) is 1. The molecule has 0 saturated carbocycles. The van der Waals surface area contributed by atoms with Crippen molar-refractivity contribution in [1.29, 1.82) is 0 Å².